The number of hydrogen-bond acceptors (Lipinski definition) is 2. The van der Waals surface area contributed by atoms with E-state index in [-0.39, 0.29) is 5.91 Å². The monoisotopic (exact) mass is 299 g/mol. The van der Waals surface area contributed by atoms with Crippen LogP contribution >= 0.6 is 11.8 Å². The van der Waals surface area contributed by atoms with E-state index in [1.54, 1.807) is 11.8 Å². The number of rotatable bonds is 6. The molecule has 0 aliphatic heterocycles. The van der Waals surface area contributed by atoms with Crippen molar-refractivity contribution in [2.75, 3.05) is 11.1 Å². The predicted octanol–water partition coefficient (Wildman–Crippen LogP) is 5.00. The molecule has 0 fully saturated rings. The van der Waals surface area contributed by atoms with Crippen molar-refractivity contribution in [3.05, 3.63) is 59.7 Å². The molecule has 1 amide bonds. The Morgan fingerprint density at radius 2 is 1.76 bits per heavy atom. The van der Waals surface area contributed by atoms with E-state index in [9.17, 15) is 4.79 Å². The number of carbonyl (C=O) groups excluding carboxylic acids is 1. The maximum atomic E-state index is 12.4. The van der Waals surface area contributed by atoms with Crippen LogP contribution < -0.4 is 5.32 Å². The van der Waals surface area contributed by atoms with Gasteiger partial charge in [0.15, 0.2) is 0 Å². The highest BCUT2D eigenvalue weighted by molar-refractivity contribution is 7.99. The number of benzene rings is 2. The molecule has 2 aromatic rings. The first-order valence-electron chi connectivity index (χ1n) is 7.36. The highest BCUT2D eigenvalue weighted by atomic mass is 32.2. The third-order valence-corrected chi connectivity index (χ3v) is 4.49. The smallest absolute Gasteiger partial charge is 0.256 e. The molecule has 0 radical (unpaired) electrons. The van der Waals surface area contributed by atoms with Gasteiger partial charge in [-0.2, -0.15) is 0 Å². The quantitative estimate of drug-likeness (QED) is 0.760. The summed E-state index contributed by atoms with van der Waals surface area (Å²) in [6, 6.07) is 15.8. The standard InChI is InChI=1S/C18H21NOS/c1-3-13-21-17-8-6-5-7-16(17)18(20)19-15-11-9-14(4-2)10-12-15/h5-12H,3-4,13H2,1-2H3,(H,19,20). The molecule has 2 aromatic carbocycles. The van der Waals surface area contributed by atoms with E-state index in [2.05, 4.69) is 19.2 Å². The lowest BCUT2D eigenvalue weighted by Gasteiger charge is -2.10. The van der Waals surface area contributed by atoms with Crippen molar-refractivity contribution in [2.45, 2.75) is 31.6 Å². The van der Waals surface area contributed by atoms with Crippen molar-refractivity contribution in [1.29, 1.82) is 0 Å². The van der Waals surface area contributed by atoms with Gasteiger partial charge in [-0.3, -0.25) is 4.79 Å². The van der Waals surface area contributed by atoms with E-state index in [1.807, 2.05) is 48.5 Å². The zero-order valence-corrected chi connectivity index (χ0v) is 13.4. The number of thioether (sulfide) groups is 1. The molecule has 3 heteroatoms. The highest BCUT2D eigenvalue weighted by Gasteiger charge is 2.11. The molecule has 0 bridgehead atoms. The van der Waals surface area contributed by atoms with Gasteiger partial charge < -0.3 is 5.32 Å². The Hall–Kier alpha value is -1.74. The zero-order chi connectivity index (χ0) is 15.1. The van der Waals surface area contributed by atoms with Crippen LogP contribution in [0.5, 0.6) is 0 Å². The lowest BCUT2D eigenvalue weighted by molar-refractivity contribution is 0.102. The van der Waals surface area contributed by atoms with Crippen LogP contribution in [0.3, 0.4) is 0 Å². The van der Waals surface area contributed by atoms with Crippen molar-refractivity contribution in [2.24, 2.45) is 0 Å². The third kappa shape index (κ3) is 4.36. The number of aryl methyl sites for hydroxylation is 1. The van der Waals surface area contributed by atoms with Crippen LogP contribution in [0, 0.1) is 0 Å². The van der Waals surface area contributed by atoms with Crippen molar-refractivity contribution in [3.63, 3.8) is 0 Å². The SMILES string of the molecule is CCCSc1ccccc1C(=O)Nc1ccc(CC)cc1. The Morgan fingerprint density at radius 1 is 1.05 bits per heavy atom. The number of amides is 1. The average Bonchev–Trinajstić information content (AvgIpc) is 2.54. The topological polar surface area (TPSA) is 29.1 Å². The van der Waals surface area contributed by atoms with Gasteiger partial charge in [-0.25, -0.2) is 0 Å². The van der Waals surface area contributed by atoms with E-state index in [4.69, 9.17) is 0 Å². The molecule has 2 rings (SSSR count). The van der Waals surface area contributed by atoms with Gasteiger partial charge in [0.2, 0.25) is 0 Å². The van der Waals surface area contributed by atoms with Gasteiger partial charge in [-0.15, -0.1) is 11.8 Å². The molecular formula is C18H21NOS. The molecule has 1 N–H and O–H groups in total. The van der Waals surface area contributed by atoms with Crippen LogP contribution in [0.25, 0.3) is 0 Å². The number of anilines is 1. The molecule has 0 heterocycles. The normalized spacial score (nSPS) is 10.4. The van der Waals surface area contributed by atoms with Crippen molar-refractivity contribution in [3.8, 4) is 0 Å². The fourth-order valence-corrected chi connectivity index (χ4v) is 2.93. The molecule has 2 nitrogen and oxygen atoms in total. The van der Waals surface area contributed by atoms with E-state index in [0.717, 1.165) is 34.7 Å². The van der Waals surface area contributed by atoms with Crippen molar-refractivity contribution < 1.29 is 4.79 Å². The predicted molar refractivity (Wildman–Crippen MR) is 91.2 cm³/mol. The molecule has 0 spiro atoms. The molecule has 110 valence electrons. The number of carbonyl (C=O) groups is 1. The Labute approximate surface area is 131 Å². The van der Waals surface area contributed by atoms with Crippen LogP contribution in [0.2, 0.25) is 0 Å². The molecule has 0 aliphatic rings. The summed E-state index contributed by atoms with van der Waals surface area (Å²) in [6.07, 6.45) is 2.10. The lowest BCUT2D eigenvalue weighted by atomic mass is 10.1. The highest BCUT2D eigenvalue weighted by Crippen LogP contribution is 2.24. The lowest BCUT2D eigenvalue weighted by Crippen LogP contribution is -2.13. The fourth-order valence-electron chi connectivity index (χ4n) is 2.01. The molecule has 0 aliphatic carbocycles. The third-order valence-electron chi connectivity index (χ3n) is 3.21. The van der Waals surface area contributed by atoms with Gasteiger partial charge in [0.1, 0.15) is 0 Å². The molecule has 0 unspecified atom stereocenters. The van der Waals surface area contributed by atoms with Crippen molar-refractivity contribution >= 4 is 23.4 Å². The average molecular weight is 299 g/mol. The Bertz CT molecular complexity index is 592. The molecule has 0 atom stereocenters. The van der Waals surface area contributed by atoms with Crippen LogP contribution in [-0.4, -0.2) is 11.7 Å². The van der Waals surface area contributed by atoms with Crippen LogP contribution in [0.15, 0.2) is 53.4 Å². The Morgan fingerprint density at radius 3 is 2.43 bits per heavy atom. The first-order chi connectivity index (χ1) is 10.2. The van der Waals surface area contributed by atoms with E-state index in [1.165, 1.54) is 5.56 Å². The Kier molecular flexibility index (Phi) is 5.88. The number of hydrogen-bond donors (Lipinski definition) is 1. The summed E-state index contributed by atoms with van der Waals surface area (Å²) in [5.41, 5.74) is 2.86. The molecule has 0 saturated carbocycles. The van der Waals surface area contributed by atoms with E-state index >= 15 is 0 Å². The minimum absolute atomic E-state index is 0.0431. The maximum Gasteiger partial charge on any atom is 0.256 e. The summed E-state index contributed by atoms with van der Waals surface area (Å²) in [4.78, 5) is 13.5. The summed E-state index contributed by atoms with van der Waals surface area (Å²) < 4.78 is 0. The second kappa shape index (κ2) is 7.89. The summed E-state index contributed by atoms with van der Waals surface area (Å²) in [5.74, 6) is 0.980. The van der Waals surface area contributed by atoms with Crippen molar-refractivity contribution in [1.82, 2.24) is 0 Å². The van der Waals surface area contributed by atoms with Gasteiger partial charge in [0, 0.05) is 10.6 Å². The summed E-state index contributed by atoms with van der Waals surface area (Å²) in [6.45, 7) is 4.26. The number of nitrogens with one attached hydrogen (secondary N) is 1. The van der Waals surface area contributed by atoms with E-state index in [0.29, 0.717) is 0 Å². The summed E-state index contributed by atoms with van der Waals surface area (Å²) in [7, 11) is 0. The second-order valence-electron chi connectivity index (χ2n) is 4.85. The molecule has 0 aromatic heterocycles. The second-order valence-corrected chi connectivity index (χ2v) is 5.99. The van der Waals surface area contributed by atoms with E-state index < -0.39 is 0 Å². The van der Waals surface area contributed by atoms with Crippen LogP contribution in [-0.2, 0) is 6.42 Å². The van der Waals surface area contributed by atoms with Gasteiger partial charge >= 0.3 is 0 Å². The molecule has 21 heavy (non-hydrogen) atoms. The van der Waals surface area contributed by atoms with Gasteiger partial charge in [-0.1, -0.05) is 38.1 Å². The first kappa shape index (κ1) is 15.6. The van der Waals surface area contributed by atoms with Gasteiger partial charge in [0.25, 0.3) is 5.91 Å². The molecular weight excluding hydrogens is 278 g/mol. The van der Waals surface area contributed by atoms with Crippen LogP contribution in [0.1, 0.15) is 36.2 Å². The summed E-state index contributed by atoms with van der Waals surface area (Å²) >= 11 is 1.73. The van der Waals surface area contributed by atoms with Gasteiger partial charge in [0.05, 0.1) is 5.56 Å². The summed E-state index contributed by atoms with van der Waals surface area (Å²) in [5, 5.41) is 2.97. The fraction of sp³-hybridized carbons (Fsp3) is 0.278. The molecule has 0 saturated heterocycles. The van der Waals surface area contributed by atoms with Gasteiger partial charge in [-0.05, 0) is 48.4 Å². The Balaban J connectivity index is 2.12. The maximum absolute atomic E-state index is 12.4. The minimum atomic E-state index is -0.0431. The zero-order valence-electron chi connectivity index (χ0n) is 12.6. The van der Waals surface area contributed by atoms with Crippen LogP contribution in [0.4, 0.5) is 5.69 Å². The first-order valence-corrected chi connectivity index (χ1v) is 8.35. The largest absolute Gasteiger partial charge is 0.322 e. The minimum Gasteiger partial charge on any atom is -0.322 e.